The van der Waals surface area contributed by atoms with Crippen LogP contribution in [0.4, 0.5) is 5.69 Å². The molecule has 2 rings (SSSR count). The Morgan fingerprint density at radius 1 is 1.26 bits per heavy atom. The minimum atomic E-state index is 0.0598. The maximum absolute atomic E-state index is 12.1. The van der Waals surface area contributed by atoms with Gasteiger partial charge in [0.1, 0.15) is 5.75 Å². The number of nitrogen functional groups attached to an aromatic ring is 1. The van der Waals surface area contributed by atoms with Gasteiger partial charge in [-0.3, -0.25) is 4.79 Å². The Balaban J connectivity index is 1.92. The van der Waals surface area contributed by atoms with Crippen LogP contribution in [0.5, 0.6) is 5.75 Å². The first-order chi connectivity index (χ1) is 9.18. The van der Waals surface area contributed by atoms with Crippen molar-refractivity contribution in [1.29, 1.82) is 0 Å². The van der Waals surface area contributed by atoms with Gasteiger partial charge in [-0.1, -0.05) is 25.0 Å². The lowest BCUT2D eigenvalue weighted by Crippen LogP contribution is -2.35. The van der Waals surface area contributed by atoms with Gasteiger partial charge in [0.15, 0.2) is 6.61 Å². The van der Waals surface area contributed by atoms with Crippen molar-refractivity contribution in [1.82, 2.24) is 4.90 Å². The fourth-order valence-corrected chi connectivity index (χ4v) is 2.42. The highest BCUT2D eigenvalue weighted by Gasteiger charge is 2.16. The molecule has 1 aliphatic heterocycles. The van der Waals surface area contributed by atoms with Crippen LogP contribution in [0.3, 0.4) is 0 Å². The number of carbonyl (C=O) groups is 1. The van der Waals surface area contributed by atoms with Crippen molar-refractivity contribution in [2.75, 3.05) is 25.4 Å². The second kappa shape index (κ2) is 6.45. The van der Waals surface area contributed by atoms with Crippen molar-refractivity contribution in [2.45, 2.75) is 32.6 Å². The number of nitrogens with zero attached hydrogens (tertiary/aromatic N) is 1. The van der Waals surface area contributed by atoms with Crippen LogP contribution in [0, 0.1) is 6.92 Å². The Morgan fingerprint density at radius 2 is 1.95 bits per heavy atom. The van der Waals surface area contributed by atoms with E-state index in [1.165, 1.54) is 12.8 Å². The van der Waals surface area contributed by atoms with Gasteiger partial charge in [0.25, 0.3) is 5.91 Å². The van der Waals surface area contributed by atoms with E-state index in [4.69, 9.17) is 10.5 Å². The largest absolute Gasteiger partial charge is 0.481 e. The van der Waals surface area contributed by atoms with Gasteiger partial charge in [0.05, 0.1) is 5.69 Å². The molecule has 1 aromatic rings. The van der Waals surface area contributed by atoms with E-state index in [9.17, 15) is 4.79 Å². The molecule has 0 atom stereocenters. The number of para-hydroxylation sites is 1. The summed E-state index contributed by atoms with van der Waals surface area (Å²) >= 11 is 0. The molecule has 0 spiro atoms. The van der Waals surface area contributed by atoms with Gasteiger partial charge in [0, 0.05) is 13.1 Å². The van der Waals surface area contributed by atoms with E-state index in [1.54, 1.807) is 6.07 Å². The number of aryl methyl sites for hydroxylation is 1. The number of benzene rings is 1. The standard InChI is InChI=1S/C15H22N2O2/c1-12-7-6-8-13(16)15(12)19-11-14(18)17-9-4-2-3-5-10-17/h6-8H,2-5,9-11,16H2,1H3. The molecule has 0 aliphatic carbocycles. The Labute approximate surface area is 114 Å². The summed E-state index contributed by atoms with van der Waals surface area (Å²) in [6.07, 6.45) is 4.63. The zero-order valence-electron chi connectivity index (χ0n) is 11.5. The average Bonchev–Trinajstić information content (AvgIpc) is 2.66. The van der Waals surface area contributed by atoms with Crippen LogP contribution in [-0.2, 0) is 4.79 Å². The lowest BCUT2D eigenvalue weighted by molar-refractivity contribution is -0.133. The summed E-state index contributed by atoms with van der Waals surface area (Å²) in [6.45, 7) is 3.72. The number of rotatable bonds is 3. The molecule has 0 radical (unpaired) electrons. The van der Waals surface area contributed by atoms with Crippen molar-refractivity contribution in [3.63, 3.8) is 0 Å². The molecule has 1 heterocycles. The highest BCUT2D eigenvalue weighted by Crippen LogP contribution is 2.25. The number of hydrogen-bond acceptors (Lipinski definition) is 3. The molecule has 1 aliphatic rings. The SMILES string of the molecule is Cc1cccc(N)c1OCC(=O)N1CCCCCC1. The van der Waals surface area contributed by atoms with Gasteiger partial charge in [0.2, 0.25) is 0 Å². The third-order valence-corrected chi connectivity index (χ3v) is 3.54. The van der Waals surface area contributed by atoms with E-state index in [1.807, 2.05) is 24.0 Å². The summed E-state index contributed by atoms with van der Waals surface area (Å²) in [5.41, 5.74) is 7.41. The van der Waals surface area contributed by atoms with E-state index >= 15 is 0 Å². The molecule has 0 unspecified atom stereocenters. The predicted molar refractivity (Wildman–Crippen MR) is 76.1 cm³/mol. The van der Waals surface area contributed by atoms with Crippen LogP contribution < -0.4 is 10.5 Å². The Bertz CT molecular complexity index is 418. The van der Waals surface area contributed by atoms with Gasteiger partial charge < -0.3 is 15.4 Å². The first-order valence-corrected chi connectivity index (χ1v) is 6.94. The number of likely N-dealkylation sites (tertiary alicyclic amines) is 1. The Morgan fingerprint density at radius 3 is 2.58 bits per heavy atom. The first-order valence-electron chi connectivity index (χ1n) is 6.94. The summed E-state index contributed by atoms with van der Waals surface area (Å²) < 4.78 is 5.61. The van der Waals surface area contributed by atoms with Crippen molar-refractivity contribution in [3.05, 3.63) is 23.8 Å². The van der Waals surface area contributed by atoms with Crippen LogP contribution in [0.15, 0.2) is 18.2 Å². The number of hydrogen-bond donors (Lipinski definition) is 1. The zero-order chi connectivity index (χ0) is 13.7. The van der Waals surface area contributed by atoms with Crippen molar-refractivity contribution in [2.24, 2.45) is 0 Å². The predicted octanol–water partition coefficient (Wildman–Crippen LogP) is 2.36. The van der Waals surface area contributed by atoms with Crippen LogP contribution >= 0.6 is 0 Å². The molecule has 0 bridgehead atoms. The fraction of sp³-hybridized carbons (Fsp3) is 0.533. The summed E-state index contributed by atoms with van der Waals surface area (Å²) in [4.78, 5) is 14.0. The van der Waals surface area contributed by atoms with Crippen LogP contribution in [0.2, 0.25) is 0 Å². The third kappa shape index (κ3) is 3.63. The van der Waals surface area contributed by atoms with Crippen molar-refractivity contribution in [3.8, 4) is 5.75 Å². The highest BCUT2D eigenvalue weighted by molar-refractivity contribution is 5.78. The molecule has 4 heteroatoms. The molecule has 2 N–H and O–H groups in total. The molecule has 104 valence electrons. The number of anilines is 1. The van der Waals surface area contributed by atoms with Gasteiger partial charge in [-0.25, -0.2) is 0 Å². The lowest BCUT2D eigenvalue weighted by atomic mass is 10.2. The molecule has 0 aromatic heterocycles. The topological polar surface area (TPSA) is 55.6 Å². The van der Waals surface area contributed by atoms with Crippen molar-refractivity contribution >= 4 is 11.6 Å². The monoisotopic (exact) mass is 262 g/mol. The van der Waals surface area contributed by atoms with Gasteiger partial charge in [-0.2, -0.15) is 0 Å². The first kappa shape index (κ1) is 13.7. The summed E-state index contributed by atoms with van der Waals surface area (Å²) in [5.74, 6) is 0.690. The smallest absolute Gasteiger partial charge is 0.260 e. The summed E-state index contributed by atoms with van der Waals surface area (Å²) in [7, 11) is 0. The van der Waals surface area contributed by atoms with E-state index in [0.717, 1.165) is 31.5 Å². The van der Waals surface area contributed by atoms with Crippen LogP contribution in [0.25, 0.3) is 0 Å². The molecule has 1 aromatic carbocycles. The second-order valence-electron chi connectivity index (χ2n) is 5.08. The van der Waals surface area contributed by atoms with Crippen LogP contribution in [-0.4, -0.2) is 30.5 Å². The van der Waals surface area contributed by atoms with Gasteiger partial charge in [-0.05, 0) is 31.4 Å². The molecule has 1 saturated heterocycles. The number of carbonyl (C=O) groups excluding carboxylic acids is 1. The molecule has 1 amide bonds. The highest BCUT2D eigenvalue weighted by atomic mass is 16.5. The Kier molecular flexibility index (Phi) is 4.66. The maximum atomic E-state index is 12.1. The Hall–Kier alpha value is -1.71. The average molecular weight is 262 g/mol. The van der Waals surface area contributed by atoms with Crippen molar-refractivity contribution < 1.29 is 9.53 Å². The normalized spacial score (nSPS) is 15.9. The summed E-state index contributed by atoms with van der Waals surface area (Å²) in [5, 5.41) is 0. The number of amides is 1. The molecular weight excluding hydrogens is 240 g/mol. The maximum Gasteiger partial charge on any atom is 0.260 e. The molecule has 1 fully saturated rings. The number of nitrogens with two attached hydrogens (primary N) is 1. The lowest BCUT2D eigenvalue weighted by Gasteiger charge is -2.21. The van der Waals surface area contributed by atoms with Gasteiger partial charge >= 0.3 is 0 Å². The molecular formula is C15H22N2O2. The van der Waals surface area contributed by atoms with E-state index < -0.39 is 0 Å². The minimum Gasteiger partial charge on any atom is -0.481 e. The zero-order valence-corrected chi connectivity index (χ0v) is 11.5. The second-order valence-corrected chi connectivity index (χ2v) is 5.08. The number of ether oxygens (including phenoxy) is 1. The third-order valence-electron chi connectivity index (χ3n) is 3.54. The van der Waals surface area contributed by atoms with E-state index in [2.05, 4.69) is 0 Å². The summed E-state index contributed by atoms with van der Waals surface area (Å²) in [6, 6.07) is 5.61. The van der Waals surface area contributed by atoms with E-state index in [0.29, 0.717) is 11.4 Å². The quantitative estimate of drug-likeness (QED) is 0.851. The molecule has 4 nitrogen and oxygen atoms in total. The van der Waals surface area contributed by atoms with Crippen LogP contribution in [0.1, 0.15) is 31.2 Å². The van der Waals surface area contributed by atoms with Gasteiger partial charge in [-0.15, -0.1) is 0 Å². The molecule has 19 heavy (non-hydrogen) atoms. The van der Waals surface area contributed by atoms with E-state index in [-0.39, 0.29) is 12.5 Å². The minimum absolute atomic E-state index is 0.0598. The fourth-order valence-electron chi connectivity index (χ4n) is 2.42. The molecule has 0 saturated carbocycles.